The fourth-order valence-electron chi connectivity index (χ4n) is 2.58. The summed E-state index contributed by atoms with van der Waals surface area (Å²) >= 11 is 1.38. The molecule has 3 heterocycles. The van der Waals surface area contributed by atoms with E-state index in [1.165, 1.54) is 11.3 Å². The van der Waals surface area contributed by atoms with Gasteiger partial charge in [-0.15, -0.1) is 11.3 Å². The maximum Gasteiger partial charge on any atom is 0.275 e. The molecule has 0 atom stereocenters. The van der Waals surface area contributed by atoms with E-state index in [9.17, 15) is 4.79 Å². The highest BCUT2D eigenvalue weighted by atomic mass is 32.1. The van der Waals surface area contributed by atoms with Crippen LogP contribution in [0.3, 0.4) is 0 Å². The molecule has 0 aliphatic heterocycles. The first-order chi connectivity index (χ1) is 12.7. The maximum absolute atomic E-state index is 12.6. The number of aromatic nitrogens is 4. The van der Waals surface area contributed by atoms with Gasteiger partial charge in [-0.05, 0) is 18.2 Å². The summed E-state index contributed by atoms with van der Waals surface area (Å²) in [5, 5.41) is 9.73. The third-order valence-corrected chi connectivity index (χ3v) is 4.64. The van der Waals surface area contributed by atoms with Crippen molar-refractivity contribution in [1.29, 1.82) is 0 Å². The van der Waals surface area contributed by atoms with E-state index in [4.69, 9.17) is 0 Å². The van der Waals surface area contributed by atoms with Gasteiger partial charge < -0.3 is 0 Å². The Kier molecular flexibility index (Phi) is 4.28. The normalized spacial score (nSPS) is 10.7. The summed E-state index contributed by atoms with van der Waals surface area (Å²) in [6.45, 7) is 0. The van der Waals surface area contributed by atoms with Crippen LogP contribution >= 0.6 is 11.3 Å². The molecule has 0 aliphatic carbocycles. The molecular formula is C19H15N5OS. The molecule has 26 heavy (non-hydrogen) atoms. The first-order valence-corrected chi connectivity index (χ1v) is 8.85. The zero-order valence-corrected chi connectivity index (χ0v) is 14.8. The summed E-state index contributed by atoms with van der Waals surface area (Å²) < 4.78 is 1.58. The van der Waals surface area contributed by atoms with Gasteiger partial charge in [-0.25, -0.2) is 4.98 Å². The predicted octanol–water partition coefficient (Wildman–Crippen LogP) is 3.86. The van der Waals surface area contributed by atoms with E-state index >= 15 is 0 Å². The first kappa shape index (κ1) is 16.2. The molecule has 7 heteroatoms. The van der Waals surface area contributed by atoms with Crippen molar-refractivity contribution in [3.63, 3.8) is 0 Å². The molecule has 0 spiro atoms. The molecule has 1 N–H and O–H groups in total. The highest BCUT2D eigenvalue weighted by Gasteiger charge is 2.16. The van der Waals surface area contributed by atoms with E-state index in [2.05, 4.69) is 20.4 Å². The predicted molar refractivity (Wildman–Crippen MR) is 102 cm³/mol. The molecule has 0 unspecified atom stereocenters. The van der Waals surface area contributed by atoms with Crippen LogP contribution in [0.25, 0.3) is 22.5 Å². The number of aryl methyl sites for hydroxylation is 1. The maximum atomic E-state index is 12.6. The van der Waals surface area contributed by atoms with Crippen molar-refractivity contribution in [3.05, 3.63) is 72.0 Å². The zero-order valence-electron chi connectivity index (χ0n) is 14.0. The summed E-state index contributed by atoms with van der Waals surface area (Å²) in [7, 11) is 1.76. The quantitative estimate of drug-likeness (QED) is 0.599. The largest absolute Gasteiger partial charge is 0.296 e. The standard InChI is InChI=1S/C19H15N5OS/c1-24-17(11-15(23-24)13-5-3-2-4-6-13)18(25)22-19-21-16(12-26-19)14-7-9-20-10-8-14/h2-12H,1H3,(H,21,22,25). The lowest BCUT2D eigenvalue weighted by Crippen LogP contribution is -2.15. The van der Waals surface area contributed by atoms with E-state index in [0.717, 1.165) is 22.5 Å². The molecule has 0 aliphatic rings. The molecule has 0 saturated heterocycles. The second-order valence-corrected chi connectivity index (χ2v) is 6.49. The number of nitrogens with zero attached hydrogens (tertiary/aromatic N) is 4. The van der Waals surface area contributed by atoms with Crippen LogP contribution < -0.4 is 5.32 Å². The minimum Gasteiger partial charge on any atom is -0.296 e. The van der Waals surface area contributed by atoms with Gasteiger partial charge in [0.25, 0.3) is 5.91 Å². The third kappa shape index (κ3) is 3.25. The number of anilines is 1. The lowest BCUT2D eigenvalue weighted by atomic mass is 10.1. The van der Waals surface area contributed by atoms with E-state index in [-0.39, 0.29) is 5.91 Å². The van der Waals surface area contributed by atoms with Gasteiger partial charge in [-0.3, -0.25) is 19.8 Å². The minimum absolute atomic E-state index is 0.238. The molecule has 4 rings (SSSR count). The van der Waals surface area contributed by atoms with Crippen LogP contribution in [0.4, 0.5) is 5.13 Å². The Bertz CT molecular complexity index is 1040. The van der Waals surface area contributed by atoms with Gasteiger partial charge in [0.15, 0.2) is 5.13 Å². The number of carbonyl (C=O) groups excluding carboxylic acids is 1. The number of nitrogens with one attached hydrogen (secondary N) is 1. The van der Waals surface area contributed by atoms with Crippen molar-refractivity contribution < 1.29 is 4.79 Å². The van der Waals surface area contributed by atoms with Gasteiger partial charge in [-0.2, -0.15) is 5.10 Å². The number of hydrogen-bond donors (Lipinski definition) is 1. The second-order valence-electron chi connectivity index (χ2n) is 5.63. The summed E-state index contributed by atoms with van der Waals surface area (Å²) in [6, 6.07) is 15.3. The molecule has 4 aromatic rings. The van der Waals surface area contributed by atoms with Gasteiger partial charge in [0.05, 0.1) is 11.4 Å². The number of rotatable bonds is 4. The highest BCUT2D eigenvalue weighted by Crippen LogP contribution is 2.25. The van der Waals surface area contributed by atoms with Crippen LogP contribution in [0.2, 0.25) is 0 Å². The van der Waals surface area contributed by atoms with Gasteiger partial charge in [-0.1, -0.05) is 30.3 Å². The van der Waals surface area contributed by atoms with Gasteiger partial charge in [0.2, 0.25) is 0 Å². The van der Waals surface area contributed by atoms with E-state index in [0.29, 0.717) is 10.8 Å². The minimum atomic E-state index is -0.238. The van der Waals surface area contributed by atoms with E-state index in [1.54, 1.807) is 30.2 Å². The Hall–Kier alpha value is -3.32. The van der Waals surface area contributed by atoms with Gasteiger partial charge in [0.1, 0.15) is 5.69 Å². The molecule has 1 amide bonds. The van der Waals surface area contributed by atoms with Crippen molar-refractivity contribution >= 4 is 22.4 Å². The average Bonchev–Trinajstić information content (AvgIpc) is 3.30. The molecular weight excluding hydrogens is 346 g/mol. The fourth-order valence-corrected chi connectivity index (χ4v) is 3.29. The van der Waals surface area contributed by atoms with Crippen LogP contribution in [-0.2, 0) is 7.05 Å². The molecule has 1 aromatic carbocycles. The van der Waals surface area contributed by atoms with Crippen molar-refractivity contribution in [2.24, 2.45) is 7.05 Å². The van der Waals surface area contributed by atoms with Crippen molar-refractivity contribution in [2.45, 2.75) is 0 Å². The van der Waals surface area contributed by atoms with Crippen LogP contribution in [0.5, 0.6) is 0 Å². The Labute approximate surface area is 154 Å². The fraction of sp³-hybridized carbons (Fsp3) is 0.0526. The second kappa shape index (κ2) is 6.89. The number of hydrogen-bond acceptors (Lipinski definition) is 5. The third-order valence-electron chi connectivity index (χ3n) is 3.88. The van der Waals surface area contributed by atoms with Crippen molar-refractivity contribution in [3.8, 4) is 22.5 Å². The van der Waals surface area contributed by atoms with Crippen LogP contribution in [0.15, 0.2) is 66.3 Å². The Morgan fingerprint density at radius 2 is 1.77 bits per heavy atom. The number of thiazole rings is 1. The van der Waals surface area contributed by atoms with Gasteiger partial charge in [0, 0.05) is 35.9 Å². The summed E-state index contributed by atoms with van der Waals surface area (Å²) in [5.74, 6) is -0.238. The molecule has 6 nitrogen and oxygen atoms in total. The van der Waals surface area contributed by atoms with Crippen molar-refractivity contribution in [1.82, 2.24) is 19.7 Å². The van der Waals surface area contributed by atoms with Crippen LogP contribution in [-0.4, -0.2) is 25.7 Å². The molecule has 128 valence electrons. The highest BCUT2D eigenvalue weighted by molar-refractivity contribution is 7.14. The first-order valence-electron chi connectivity index (χ1n) is 7.97. The number of pyridine rings is 1. The van der Waals surface area contributed by atoms with Crippen molar-refractivity contribution in [2.75, 3.05) is 5.32 Å². The molecule has 0 radical (unpaired) electrons. The van der Waals surface area contributed by atoms with Gasteiger partial charge >= 0.3 is 0 Å². The number of benzene rings is 1. The monoisotopic (exact) mass is 361 g/mol. The summed E-state index contributed by atoms with van der Waals surface area (Å²) in [5.41, 5.74) is 3.97. The van der Waals surface area contributed by atoms with E-state index in [1.807, 2.05) is 47.8 Å². The molecule has 0 bridgehead atoms. The summed E-state index contributed by atoms with van der Waals surface area (Å²) in [6.07, 6.45) is 3.43. The topological polar surface area (TPSA) is 72.7 Å². The smallest absolute Gasteiger partial charge is 0.275 e. The SMILES string of the molecule is Cn1nc(-c2ccccc2)cc1C(=O)Nc1nc(-c2ccncc2)cs1. The van der Waals surface area contributed by atoms with E-state index < -0.39 is 0 Å². The van der Waals surface area contributed by atoms with Crippen LogP contribution in [0, 0.1) is 0 Å². The lowest BCUT2D eigenvalue weighted by Gasteiger charge is -2.01. The Balaban J connectivity index is 1.54. The molecule has 0 fully saturated rings. The number of carbonyl (C=O) groups is 1. The zero-order chi connectivity index (χ0) is 17.9. The molecule has 0 saturated carbocycles. The van der Waals surface area contributed by atoms with Crippen LogP contribution in [0.1, 0.15) is 10.5 Å². The number of amides is 1. The Morgan fingerprint density at radius 3 is 2.54 bits per heavy atom. The molecule has 3 aromatic heterocycles. The average molecular weight is 361 g/mol. The Morgan fingerprint density at radius 1 is 1.04 bits per heavy atom. The lowest BCUT2D eigenvalue weighted by molar-refractivity contribution is 0.101. The summed E-state index contributed by atoms with van der Waals surface area (Å²) in [4.78, 5) is 21.1.